The molecule has 1 N–H and O–H groups in total. The number of anilines is 1. The summed E-state index contributed by atoms with van der Waals surface area (Å²) < 4.78 is 7.63. The number of rotatable bonds is 9. The molecule has 1 amide bonds. The van der Waals surface area contributed by atoms with Crippen molar-refractivity contribution >= 4 is 36.4 Å². The van der Waals surface area contributed by atoms with Gasteiger partial charge >= 0.3 is 0 Å². The van der Waals surface area contributed by atoms with Gasteiger partial charge in [0.05, 0.1) is 11.7 Å². The Hall–Kier alpha value is -3.55. The van der Waals surface area contributed by atoms with E-state index in [1.807, 2.05) is 30.3 Å². The van der Waals surface area contributed by atoms with Crippen LogP contribution < -0.4 is 5.32 Å². The zero-order chi connectivity index (χ0) is 24.1. The van der Waals surface area contributed by atoms with Crippen LogP contribution in [0.3, 0.4) is 0 Å². The van der Waals surface area contributed by atoms with Gasteiger partial charge in [-0.2, -0.15) is 5.10 Å². The van der Waals surface area contributed by atoms with Gasteiger partial charge in [0.1, 0.15) is 6.73 Å². The number of nitrogens with one attached hydrogen (secondary N) is 1. The summed E-state index contributed by atoms with van der Waals surface area (Å²) >= 11 is 0. The molecule has 4 aromatic rings. The summed E-state index contributed by atoms with van der Waals surface area (Å²) in [5.74, 6) is -0.338. The summed E-state index contributed by atoms with van der Waals surface area (Å²) in [5.41, 5.74) is 3.05. The van der Waals surface area contributed by atoms with Gasteiger partial charge < -0.3 is 10.1 Å². The monoisotopic (exact) mass is 471 g/mol. The first-order valence-corrected chi connectivity index (χ1v) is 15.1. The predicted molar refractivity (Wildman–Crippen MR) is 138 cm³/mol. The van der Waals surface area contributed by atoms with Gasteiger partial charge in [-0.15, -0.1) is 0 Å². The highest BCUT2D eigenvalue weighted by Crippen LogP contribution is 2.21. The molecule has 0 aliphatic carbocycles. The molecule has 0 aliphatic rings. The maximum Gasteiger partial charge on any atom is 0.255 e. The molecule has 34 heavy (non-hydrogen) atoms. The number of ketones is 1. The molecule has 0 saturated carbocycles. The molecule has 7 heteroatoms. The highest BCUT2D eigenvalue weighted by molar-refractivity contribution is 6.76. The second-order valence-corrected chi connectivity index (χ2v) is 15.1. The lowest BCUT2D eigenvalue weighted by molar-refractivity contribution is 0.0816. The van der Waals surface area contributed by atoms with Gasteiger partial charge in [0, 0.05) is 42.4 Å². The molecule has 4 rings (SSSR count). The van der Waals surface area contributed by atoms with E-state index in [4.69, 9.17) is 4.74 Å². The number of amides is 1. The van der Waals surface area contributed by atoms with Crippen molar-refractivity contribution in [2.75, 3.05) is 11.9 Å². The fraction of sp³-hybridized carbons (Fsp3) is 0.222. The smallest absolute Gasteiger partial charge is 0.255 e. The van der Waals surface area contributed by atoms with Gasteiger partial charge in [0.15, 0.2) is 5.78 Å². The summed E-state index contributed by atoms with van der Waals surface area (Å²) in [6, 6.07) is 22.6. The zero-order valence-electron chi connectivity index (χ0n) is 19.7. The van der Waals surface area contributed by atoms with Crippen LogP contribution in [0.25, 0.3) is 10.9 Å². The van der Waals surface area contributed by atoms with E-state index in [9.17, 15) is 9.59 Å². The summed E-state index contributed by atoms with van der Waals surface area (Å²) in [6.45, 7) is 8.02. The molecule has 0 saturated heterocycles. The lowest BCUT2D eigenvalue weighted by Gasteiger charge is -2.15. The Morgan fingerprint density at radius 2 is 1.65 bits per heavy atom. The van der Waals surface area contributed by atoms with Gasteiger partial charge in [-0.1, -0.05) is 62.1 Å². The quantitative estimate of drug-likeness (QED) is 0.189. The van der Waals surface area contributed by atoms with Gasteiger partial charge in [0.2, 0.25) is 0 Å². The number of hydrogen-bond acceptors (Lipinski definition) is 4. The Labute approximate surface area is 200 Å². The van der Waals surface area contributed by atoms with Crippen molar-refractivity contribution < 1.29 is 14.3 Å². The van der Waals surface area contributed by atoms with Crippen molar-refractivity contribution in [2.24, 2.45) is 0 Å². The number of carbonyl (C=O) groups is 2. The number of hydrogen-bond donors (Lipinski definition) is 1. The lowest BCUT2D eigenvalue weighted by atomic mass is 10.0. The number of carbonyl (C=O) groups excluding carboxylic acids is 2. The van der Waals surface area contributed by atoms with Gasteiger partial charge in [-0.05, 0) is 36.4 Å². The van der Waals surface area contributed by atoms with Crippen LogP contribution >= 0.6 is 0 Å². The Morgan fingerprint density at radius 3 is 2.41 bits per heavy atom. The summed E-state index contributed by atoms with van der Waals surface area (Å²) in [4.78, 5) is 25.7. The maximum absolute atomic E-state index is 13.2. The average molecular weight is 472 g/mol. The third kappa shape index (κ3) is 5.87. The van der Waals surface area contributed by atoms with Crippen LogP contribution in [-0.2, 0) is 11.5 Å². The van der Waals surface area contributed by atoms with Crippen LogP contribution in [0.2, 0.25) is 25.7 Å². The molecule has 0 fully saturated rings. The van der Waals surface area contributed by atoms with Crippen LogP contribution in [0.15, 0.2) is 79.0 Å². The van der Waals surface area contributed by atoms with Crippen LogP contribution in [0.4, 0.5) is 5.69 Å². The van der Waals surface area contributed by atoms with Gasteiger partial charge in [-0.25, -0.2) is 4.68 Å². The molecule has 6 nitrogen and oxygen atoms in total. The molecule has 0 atom stereocenters. The molecule has 0 aliphatic heterocycles. The third-order valence-corrected chi connectivity index (χ3v) is 7.24. The topological polar surface area (TPSA) is 73.2 Å². The first-order valence-electron chi connectivity index (χ1n) is 11.3. The minimum absolute atomic E-state index is 0.120. The number of ether oxygens (including phenoxy) is 1. The van der Waals surface area contributed by atoms with Crippen molar-refractivity contribution in [2.45, 2.75) is 32.4 Å². The summed E-state index contributed by atoms with van der Waals surface area (Å²) in [7, 11) is -1.15. The van der Waals surface area contributed by atoms with Crippen LogP contribution in [0.5, 0.6) is 0 Å². The first-order chi connectivity index (χ1) is 16.3. The molecular formula is C27H29N3O3Si. The number of fused-ring (bicyclic) bond motifs is 1. The van der Waals surface area contributed by atoms with E-state index >= 15 is 0 Å². The maximum atomic E-state index is 13.2. The van der Waals surface area contributed by atoms with Crippen LogP contribution in [0, 0.1) is 0 Å². The minimum atomic E-state index is -1.15. The Balaban J connectivity index is 1.49. The van der Waals surface area contributed by atoms with Gasteiger partial charge in [0.25, 0.3) is 5.91 Å². The normalized spacial score (nSPS) is 11.5. The molecular weight excluding hydrogens is 442 g/mol. The number of nitrogens with zero attached hydrogens (tertiary/aromatic N) is 2. The van der Waals surface area contributed by atoms with E-state index in [1.165, 1.54) is 0 Å². The largest absolute Gasteiger partial charge is 0.360 e. The van der Waals surface area contributed by atoms with Crippen molar-refractivity contribution in [3.63, 3.8) is 0 Å². The Bertz CT molecular complexity index is 1310. The molecule has 3 aromatic carbocycles. The Morgan fingerprint density at radius 1 is 0.912 bits per heavy atom. The van der Waals surface area contributed by atoms with Gasteiger partial charge in [-0.3, -0.25) is 9.59 Å². The van der Waals surface area contributed by atoms with E-state index in [0.29, 0.717) is 35.7 Å². The number of benzene rings is 3. The summed E-state index contributed by atoms with van der Waals surface area (Å²) in [6.07, 6.45) is 1.78. The standard InChI is InChI=1S/C27H29N3O3Si/c1-34(2,3)15-14-33-19-30-25-17-22(12-13-23(25)18-28-30)26(31)21-10-7-11-24(16-21)29-27(32)20-8-5-4-6-9-20/h4-13,16-18H,14-15,19H2,1-3H3,(H,29,32). The molecule has 0 radical (unpaired) electrons. The highest BCUT2D eigenvalue weighted by atomic mass is 28.3. The molecule has 0 spiro atoms. The fourth-order valence-corrected chi connectivity index (χ4v) is 4.30. The van der Waals surface area contributed by atoms with E-state index in [2.05, 4.69) is 30.1 Å². The highest BCUT2D eigenvalue weighted by Gasteiger charge is 2.15. The van der Waals surface area contributed by atoms with Crippen molar-refractivity contribution in [1.29, 1.82) is 0 Å². The van der Waals surface area contributed by atoms with E-state index < -0.39 is 8.07 Å². The lowest BCUT2D eigenvalue weighted by Crippen LogP contribution is -2.22. The van der Waals surface area contributed by atoms with Crippen LogP contribution in [-0.4, -0.2) is 36.2 Å². The molecule has 174 valence electrons. The molecule has 1 heterocycles. The molecule has 0 bridgehead atoms. The fourth-order valence-electron chi connectivity index (χ4n) is 3.54. The second kappa shape index (κ2) is 10.2. The van der Waals surface area contributed by atoms with Crippen molar-refractivity contribution in [3.05, 3.63) is 95.7 Å². The van der Waals surface area contributed by atoms with E-state index in [0.717, 1.165) is 16.9 Å². The third-order valence-electron chi connectivity index (χ3n) is 5.54. The average Bonchev–Trinajstić information content (AvgIpc) is 3.23. The number of aromatic nitrogens is 2. The van der Waals surface area contributed by atoms with E-state index in [-0.39, 0.29) is 11.7 Å². The molecule has 0 unspecified atom stereocenters. The second-order valence-electron chi connectivity index (χ2n) is 9.50. The predicted octanol–water partition coefficient (Wildman–Crippen LogP) is 5.83. The van der Waals surface area contributed by atoms with Crippen molar-refractivity contribution in [1.82, 2.24) is 9.78 Å². The first kappa shape index (κ1) is 23.6. The minimum Gasteiger partial charge on any atom is -0.360 e. The molecule has 1 aromatic heterocycles. The Kier molecular flexibility index (Phi) is 7.05. The zero-order valence-corrected chi connectivity index (χ0v) is 20.7. The van der Waals surface area contributed by atoms with Crippen LogP contribution in [0.1, 0.15) is 26.3 Å². The van der Waals surface area contributed by atoms with E-state index in [1.54, 1.807) is 53.3 Å². The summed E-state index contributed by atoms with van der Waals surface area (Å²) in [5, 5.41) is 8.24. The SMILES string of the molecule is C[Si](C)(C)CCOCn1ncc2ccc(C(=O)c3cccc(NC(=O)c4ccccc4)c3)cc21. The van der Waals surface area contributed by atoms with Crippen molar-refractivity contribution in [3.8, 4) is 0 Å².